The first-order valence-corrected chi connectivity index (χ1v) is 4.94. The topological polar surface area (TPSA) is 50.4 Å². The zero-order valence-electron chi connectivity index (χ0n) is 8.25. The van der Waals surface area contributed by atoms with Crippen LogP contribution in [-0.4, -0.2) is 11.1 Å². The first-order valence-electron chi connectivity index (χ1n) is 4.94. The standard InChI is InChI=1S/C11H14O3/c1-7-6-14-10-4-8(5-11(12)13)2-3-9(7)10/h6,8H,2-5H2,1H3,(H,12,13). The summed E-state index contributed by atoms with van der Waals surface area (Å²) in [5.74, 6) is 0.548. The van der Waals surface area contributed by atoms with Crippen LogP contribution in [0.4, 0.5) is 0 Å². The molecule has 0 aliphatic heterocycles. The van der Waals surface area contributed by atoms with Gasteiger partial charge in [0, 0.05) is 12.8 Å². The predicted octanol–water partition coefficient (Wildman–Crippen LogP) is 2.17. The molecule has 1 heterocycles. The molecule has 0 spiro atoms. The number of hydrogen-bond donors (Lipinski definition) is 1. The Morgan fingerprint density at radius 2 is 2.50 bits per heavy atom. The first kappa shape index (κ1) is 9.31. The molecule has 1 aromatic rings. The minimum atomic E-state index is -0.707. The summed E-state index contributed by atoms with van der Waals surface area (Å²) in [7, 11) is 0. The van der Waals surface area contributed by atoms with Crippen molar-refractivity contribution in [2.75, 3.05) is 0 Å². The molecular weight excluding hydrogens is 180 g/mol. The van der Waals surface area contributed by atoms with E-state index in [0.717, 1.165) is 25.0 Å². The molecule has 3 heteroatoms. The van der Waals surface area contributed by atoms with Crippen LogP contribution in [-0.2, 0) is 17.6 Å². The molecule has 0 aromatic carbocycles. The highest BCUT2D eigenvalue weighted by atomic mass is 16.4. The van der Waals surface area contributed by atoms with Crippen molar-refractivity contribution in [1.82, 2.24) is 0 Å². The number of carbonyl (C=O) groups is 1. The Balaban J connectivity index is 2.10. The normalized spacial score (nSPS) is 20.5. The van der Waals surface area contributed by atoms with Crippen LogP contribution in [0.1, 0.15) is 29.7 Å². The molecule has 0 saturated carbocycles. The van der Waals surface area contributed by atoms with E-state index in [1.165, 1.54) is 11.1 Å². The van der Waals surface area contributed by atoms with E-state index < -0.39 is 5.97 Å². The number of fused-ring (bicyclic) bond motifs is 1. The molecule has 1 aromatic heterocycles. The van der Waals surface area contributed by atoms with E-state index in [1.54, 1.807) is 6.26 Å². The van der Waals surface area contributed by atoms with Gasteiger partial charge in [-0.15, -0.1) is 0 Å². The second kappa shape index (κ2) is 3.48. The van der Waals surface area contributed by atoms with Crippen molar-refractivity contribution in [3.63, 3.8) is 0 Å². The van der Waals surface area contributed by atoms with E-state index in [-0.39, 0.29) is 12.3 Å². The van der Waals surface area contributed by atoms with Crippen LogP contribution in [0.2, 0.25) is 0 Å². The van der Waals surface area contributed by atoms with Gasteiger partial charge in [-0.1, -0.05) is 0 Å². The molecule has 76 valence electrons. The molecular formula is C11H14O3. The van der Waals surface area contributed by atoms with Gasteiger partial charge in [-0.2, -0.15) is 0 Å². The summed E-state index contributed by atoms with van der Waals surface area (Å²) < 4.78 is 5.41. The monoisotopic (exact) mass is 194 g/mol. The molecule has 0 radical (unpaired) electrons. The van der Waals surface area contributed by atoms with E-state index >= 15 is 0 Å². The zero-order valence-corrected chi connectivity index (χ0v) is 8.25. The summed E-state index contributed by atoms with van der Waals surface area (Å²) in [4.78, 5) is 10.6. The summed E-state index contributed by atoms with van der Waals surface area (Å²) in [5.41, 5.74) is 2.50. The van der Waals surface area contributed by atoms with Crippen molar-refractivity contribution in [1.29, 1.82) is 0 Å². The molecule has 0 bridgehead atoms. The maximum absolute atomic E-state index is 10.6. The largest absolute Gasteiger partial charge is 0.481 e. The van der Waals surface area contributed by atoms with Crippen molar-refractivity contribution < 1.29 is 14.3 Å². The highest BCUT2D eigenvalue weighted by molar-refractivity contribution is 5.67. The third-order valence-corrected chi connectivity index (χ3v) is 2.93. The lowest BCUT2D eigenvalue weighted by Gasteiger charge is -2.19. The van der Waals surface area contributed by atoms with Crippen LogP contribution >= 0.6 is 0 Å². The maximum atomic E-state index is 10.6. The Hall–Kier alpha value is -1.25. The van der Waals surface area contributed by atoms with Crippen molar-refractivity contribution in [3.05, 3.63) is 23.2 Å². The molecule has 0 saturated heterocycles. The quantitative estimate of drug-likeness (QED) is 0.784. The summed E-state index contributed by atoms with van der Waals surface area (Å²) in [6.07, 6.45) is 4.76. The Labute approximate surface area is 82.7 Å². The van der Waals surface area contributed by atoms with Gasteiger partial charge >= 0.3 is 5.97 Å². The fourth-order valence-corrected chi connectivity index (χ4v) is 2.16. The van der Waals surface area contributed by atoms with Crippen molar-refractivity contribution in [3.8, 4) is 0 Å². The van der Waals surface area contributed by atoms with E-state index in [1.807, 2.05) is 6.92 Å². The van der Waals surface area contributed by atoms with Crippen LogP contribution in [0.5, 0.6) is 0 Å². The molecule has 1 N–H and O–H groups in total. The molecule has 0 amide bonds. The maximum Gasteiger partial charge on any atom is 0.303 e. The summed E-state index contributed by atoms with van der Waals surface area (Å²) in [6, 6.07) is 0. The lowest BCUT2D eigenvalue weighted by Crippen LogP contribution is -2.16. The Morgan fingerprint density at radius 3 is 3.21 bits per heavy atom. The van der Waals surface area contributed by atoms with E-state index in [9.17, 15) is 4.79 Å². The van der Waals surface area contributed by atoms with Crippen LogP contribution < -0.4 is 0 Å². The summed E-state index contributed by atoms with van der Waals surface area (Å²) in [6.45, 7) is 2.04. The van der Waals surface area contributed by atoms with Crippen molar-refractivity contribution in [2.45, 2.75) is 32.6 Å². The summed E-state index contributed by atoms with van der Waals surface area (Å²) >= 11 is 0. The van der Waals surface area contributed by atoms with Crippen molar-refractivity contribution >= 4 is 5.97 Å². The van der Waals surface area contributed by atoms with E-state index in [4.69, 9.17) is 9.52 Å². The SMILES string of the molecule is Cc1coc2c1CCC(CC(=O)O)C2. The second-order valence-electron chi connectivity index (χ2n) is 4.03. The predicted molar refractivity (Wildman–Crippen MR) is 51.2 cm³/mol. The molecule has 14 heavy (non-hydrogen) atoms. The molecule has 1 atom stereocenters. The number of hydrogen-bond acceptors (Lipinski definition) is 2. The van der Waals surface area contributed by atoms with Gasteiger partial charge in [0.05, 0.1) is 6.26 Å². The van der Waals surface area contributed by atoms with Gasteiger partial charge < -0.3 is 9.52 Å². The van der Waals surface area contributed by atoms with Gasteiger partial charge in [-0.3, -0.25) is 4.79 Å². The van der Waals surface area contributed by atoms with Crippen LogP contribution in [0.3, 0.4) is 0 Å². The third kappa shape index (κ3) is 1.67. The number of carboxylic acids is 1. The highest BCUT2D eigenvalue weighted by Crippen LogP contribution is 2.30. The fraction of sp³-hybridized carbons (Fsp3) is 0.545. The van der Waals surface area contributed by atoms with Gasteiger partial charge in [0.1, 0.15) is 5.76 Å². The molecule has 3 nitrogen and oxygen atoms in total. The van der Waals surface area contributed by atoms with Gasteiger partial charge in [-0.05, 0) is 36.8 Å². The number of aryl methyl sites for hydroxylation is 1. The molecule has 2 rings (SSSR count). The van der Waals surface area contributed by atoms with Gasteiger partial charge in [0.25, 0.3) is 0 Å². The number of rotatable bonds is 2. The Morgan fingerprint density at radius 1 is 1.71 bits per heavy atom. The Bertz CT molecular complexity index is 351. The Kier molecular flexibility index (Phi) is 2.32. The zero-order chi connectivity index (χ0) is 10.1. The third-order valence-electron chi connectivity index (χ3n) is 2.93. The number of furan rings is 1. The van der Waals surface area contributed by atoms with Gasteiger partial charge in [-0.25, -0.2) is 0 Å². The van der Waals surface area contributed by atoms with Crippen LogP contribution in [0.25, 0.3) is 0 Å². The van der Waals surface area contributed by atoms with E-state index in [2.05, 4.69) is 0 Å². The molecule has 1 unspecified atom stereocenters. The van der Waals surface area contributed by atoms with Crippen LogP contribution in [0.15, 0.2) is 10.7 Å². The van der Waals surface area contributed by atoms with Gasteiger partial charge in [0.15, 0.2) is 0 Å². The molecule has 1 aliphatic rings. The van der Waals surface area contributed by atoms with Crippen molar-refractivity contribution in [2.24, 2.45) is 5.92 Å². The minimum Gasteiger partial charge on any atom is -0.481 e. The average Bonchev–Trinajstić information content (AvgIpc) is 2.46. The lowest BCUT2D eigenvalue weighted by molar-refractivity contribution is -0.138. The molecule has 0 fully saturated rings. The average molecular weight is 194 g/mol. The smallest absolute Gasteiger partial charge is 0.303 e. The first-order chi connectivity index (χ1) is 6.66. The lowest BCUT2D eigenvalue weighted by atomic mass is 9.85. The summed E-state index contributed by atoms with van der Waals surface area (Å²) in [5, 5.41) is 8.69. The van der Waals surface area contributed by atoms with Gasteiger partial charge in [0.2, 0.25) is 0 Å². The highest BCUT2D eigenvalue weighted by Gasteiger charge is 2.24. The van der Waals surface area contributed by atoms with Crippen LogP contribution in [0, 0.1) is 12.8 Å². The van der Waals surface area contributed by atoms with E-state index in [0.29, 0.717) is 0 Å². The molecule has 1 aliphatic carbocycles. The minimum absolute atomic E-state index is 0.255. The second-order valence-corrected chi connectivity index (χ2v) is 4.03. The number of aliphatic carboxylic acids is 1. The number of carboxylic acid groups (broad SMARTS) is 1. The fourth-order valence-electron chi connectivity index (χ4n) is 2.16.